The molecule has 0 aromatic heterocycles. The van der Waals surface area contributed by atoms with Crippen LogP contribution in [0.15, 0.2) is 70.2 Å². The third-order valence-electron chi connectivity index (χ3n) is 4.66. The number of nitrogens with one attached hydrogen (secondary N) is 1. The van der Waals surface area contributed by atoms with Gasteiger partial charge < -0.3 is 9.47 Å². The number of hydrogen-bond donors (Lipinski definition) is 1. The molecule has 3 aromatic rings. The van der Waals surface area contributed by atoms with Crippen LogP contribution in [0.1, 0.15) is 39.5 Å². The largest absolute Gasteiger partial charge is 0.490 e. The van der Waals surface area contributed by atoms with Crippen molar-refractivity contribution >= 4 is 28.1 Å². The molecule has 9 heteroatoms. The number of nitrogens with zero attached hydrogens (tertiary/aromatic N) is 1. The number of ether oxygens (including phenoxy) is 2. The summed E-state index contributed by atoms with van der Waals surface area (Å²) in [5.74, 6) is 0.256. The van der Waals surface area contributed by atoms with Crippen molar-refractivity contribution in [3.05, 3.63) is 93.0 Å². The number of hydrogen-bond acceptors (Lipinski definition) is 4. The quantitative estimate of drug-likeness (QED) is 0.264. The van der Waals surface area contributed by atoms with Gasteiger partial charge in [0.15, 0.2) is 11.5 Å². The van der Waals surface area contributed by atoms with E-state index in [0.29, 0.717) is 34.7 Å². The van der Waals surface area contributed by atoms with Crippen molar-refractivity contribution in [2.75, 3.05) is 6.61 Å². The van der Waals surface area contributed by atoms with Crippen molar-refractivity contribution in [1.29, 1.82) is 0 Å². The molecule has 3 aromatic carbocycles. The maximum atomic E-state index is 12.9. The lowest BCUT2D eigenvalue weighted by Gasteiger charge is -2.14. The monoisotopic (exact) mass is 534 g/mol. The molecular weight excluding hydrogens is 513 g/mol. The van der Waals surface area contributed by atoms with Gasteiger partial charge in [0.2, 0.25) is 0 Å². The van der Waals surface area contributed by atoms with Crippen molar-refractivity contribution in [1.82, 2.24) is 5.43 Å². The molecule has 178 valence electrons. The van der Waals surface area contributed by atoms with E-state index in [4.69, 9.17) is 9.47 Å². The Labute approximate surface area is 203 Å². The third kappa shape index (κ3) is 6.84. The van der Waals surface area contributed by atoms with Crippen LogP contribution in [-0.2, 0) is 12.8 Å². The Hall–Kier alpha value is -3.33. The number of benzene rings is 3. The molecular formula is C25H22BrF3N2O3. The minimum atomic E-state index is -4.54. The van der Waals surface area contributed by atoms with Crippen LogP contribution < -0.4 is 14.9 Å². The molecule has 0 saturated carbocycles. The van der Waals surface area contributed by atoms with Gasteiger partial charge in [-0.3, -0.25) is 4.79 Å². The van der Waals surface area contributed by atoms with Gasteiger partial charge in [-0.2, -0.15) is 18.3 Å². The molecule has 34 heavy (non-hydrogen) atoms. The molecule has 1 amide bonds. The second kappa shape index (κ2) is 11.2. The van der Waals surface area contributed by atoms with E-state index in [9.17, 15) is 18.0 Å². The van der Waals surface area contributed by atoms with Crippen LogP contribution in [0.3, 0.4) is 0 Å². The summed E-state index contributed by atoms with van der Waals surface area (Å²) in [4.78, 5) is 12.2. The molecule has 0 aliphatic carbocycles. The van der Waals surface area contributed by atoms with Crippen LogP contribution in [0.25, 0.3) is 0 Å². The van der Waals surface area contributed by atoms with Gasteiger partial charge >= 0.3 is 6.18 Å². The smallest absolute Gasteiger partial charge is 0.416 e. The van der Waals surface area contributed by atoms with E-state index in [-0.39, 0.29) is 5.56 Å². The van der Waals surface area contributed by atoms with Crippen LogP contribution in [0.2, 0.25) is 0 Å². The van der Waals surface area contributed by atoms with Crippen LogP contribution >= 0.6 is 15.9 Å². The summed E-state index contributed by atoms with van der Waals surface area (Å²) in [5, 5.41) is 3.87. The fraction of sp³-hybridized carbons (Fsp3) is 0.200. The average Bonchev–Trinajstić information content (AvgIpc) is 2.79. The molecule has 3 rings (SSSR count). The Morgan fingerprint density at radius 3 is 2.50 bits per heavy atom. The van der Waals surface area contributed by atoms with Crippen molar-refractivity contribution < 1.29 is 27.4 Å². The Morgan fingerprint density at radius 2 is 1.79 bits per heavy atom. The lowest BCUT2D eigenvalue weighted by molar-refractivity contribution is -0.137. The number of rotatable bonds is 8. The summed E-state index contributed by atoms with van der Waals surface area (Å²) in [7, 11) is 0. The first-order valence-corrected chi connectivity index (χ1v) is 11.1. The van der Waals surface area contributed by atoms with E-state index < -0.39 is 17.6 Å². The topological polar surface area (TPSA) is 59.9 Å². The predicted molar refractivity (Wildman–Crippen MR) is 127 cm³/mol. The van der Waals surface area contributed by atoms with Gasteiger partial charge in [-0.1, -0.05) is 35.9 Å². The zero-order chi connectivity index (χ0) is 24.7. The van der Waals surface area contributed by atoms with Gasteiger partial charge in [0.25, 0.3) is 5.91 Å². The van der Waals surface area contributed by atoms with Crippen molar-refractivity contribution in [2.24, 2.45) is 5.10 Å². The SMILES string of the molecule is CCOc1cc(/C=N\NC(=O)c2cccc(C(F)(F)F)c2)c(Br)cc1OCc1cccc(C)c1. The average molecular weight is 535 g/mol. The molecule has 0 aliphatic rings. The van der Waals surface area contributed by atoms with E-state index in [1.54, 1.807) is 12.1 Å². The molecule has 0 bridgehead atoms. The number of hydrazone groups is 1. The van der Waals surface area contributed by atoms with Crippen molar-refractivity contribution in [3.8, 4) is 11.5 Å². The Bertz CT molecular complexity index is 1200. The highest BCUT2D eigenvalue weighted by molar-refractivity contribution is 9.10. The first kappa shape index (κ1) is 25.3. The van der Waals surface area contributed by atoms with Gasteiger partial charge in [-0.15, -0.1) is 0 Å². The van der Waals surface area contributed by atoms with Gasteiger partial charge in [-0.25, -0.2) is 5.43 Å². The van der Waals surface area contributed by atoms with Gasteiger partial charge in [-0.05, 0) is 65.7 Å². The fourth-order valence-electron chi connectivity index (χ4n) is 3.06. The molecule has 0 aliphatic heterocycles. The maximum absolute atomic E-state index is 12.9. The molecule has 0 atom stereocenters. The van der Waals surface area contributed by atoms with Crippen LogP contribution in [-0.4, -0.2) is 18.7 Å². The maximum Gasteiger partial charge on any atom is 0.416 e. The molecule has 5 nitrogen and oxygen atoms in total. The predicted octanol–water partition coefficient (Wildman–Crippen LogP) is 6.52. The summed E-state index contributed by atoms with van der Waals surface area (Å²) < 4.78 is 50.8. The third-order valence-corrected chi connectivity index (χ3v) is 5.35. The van der Waals surface area contributed by atoms with Crippen LogP contribution in [0, 0.1) is 6.92 Å². The lowest BCUT2D eigenvalue weighted by Crippen LogP contribution is -2.18. The zero-order valence-electron chi connectivity index (χ0n) is 18.4. The minimum absolute atomic E-state index is 0.152. The molecule has 0 spiro atoms. The van der Waals surface area contributed by atoms with E-state index in [2.05, 4.69) is 26.5 Å². The molecule has 0 saturated heterocycles. The van der Waals surface area contributed by atoms with Crippen molar-refractivity contribution in [3.63, 3.8) is 0 Å². The lowest BCUT2D eigenvalue weighted by atomic mass is 10.1. The second-order valence-corrected chi connectivity index (χ2v) is 8.16. The highest BCUT2D eigenvalue weighted by atomic mass is 79.9. The summed E-state index contributed by atoms with van der Waals surface area (Å²) in [6.07, 6.45) is -3.17. The summed E-state index contributed by atoms with van der Waals surface area (Å²) in [5.41, 5.74) is 3.91. The standard InChI is InChI=1S/C25H22BrF3N2O3/c1-3-33-22-12-19(21(26)13-23(22)34-15-17-7-4-6-16(2)10-17)14-30-31-24(32)18-8-5-9-20(11-18)25(27,28)29/h4-14H,3,15H2,1-2H3,(H,31,32)/b30-14-. The van der Waals surface area contributed by atoms with E-state index in [1.807, 2.05) is 38.1 Å². The van der Waals surface area contributed by atoms with E-state index in [0.717, 1.165) is 23.3 Å². The number of alkyl halides is 3. The molecule has 1 N–H and O–H groups in total. The Morgan fingerprint density at radius 1 is 1.06 bits per heavy atom. The number of amides is 1. The van der Waals surface area contributed by atoms with Crippen LogP contribution in [0.5, 0.6) is 11.5 Å². The van der Waals surface area contributed by atoms with Crippen molar-refractivity contribution in [2.45, 2.75) is 26.6 Å². The van der Waals surface area contributed by atoms with Gasteiger partial charge in [0, 0.05) is 15.6 Å². The Balaban J connectivity index is 1.73. The highest BCUT2D eigenvalue weighted by Gasteiger charge is 2.30. The normalized spacial score (nSPS) is 11.5. The second-order valence-electron chi connectivity index (χ2n) is 7.31. The van der Waals surface area contributed by atoms with Crippen LogP contribution in [0.4, 0.5) is 13.2 Å². The zero-order valence-corrected chi connectivity index (χ0v) is 20.0. The number of aryl methyl sites for hydroxylation is 1. The minimum Gasteiger partial charge on any atom is -0.490 e. The van der Waals surface area contributed by atoms with E-state index in [1.165, 1.54) is 18.3 Å². The summed E-state index contributed by atoms with van der Waals surface area (Å²) >= 11 is 3.45. The molecule has 0 unspecified atom stereocenters. The number of carbonyl (C=O) groups excluding carboxylic acids is 1. The highest BCUT2D eigenvalue weighted by Crippen LogP contribution is 2.34. The molecule has 0 heterocycles. The fourth-order valence-corrected chi connectivity index (χ4v) is 3.48. The summed E-state index contributed by atoms with van der Waals surface area (Å²) in [6, 6.07) is 15.5. The summed E-state index contributed by atoms with van der Waals surface area (Å²) in [6.45, 7) is 4.61. The van der Waals surface area contributed by atoms with Gasteiger partial charge in [0.1, 0.15) is 6.61 Å². The van der Waals surface area contributed by atoms with E-state index >= 15 is 0 Å². The number of halogens is 4. The molecule has 0 fully saturated rings. The first-order valence-electron chi connectivity index (χ1n) is 10.3. The molecule has 0 radical (unpaired) electrons. The first-order chi connectivity index (χ1) is 16.2. The van der Waals surface area contributed by atoms with Gasteiger partial charge in [0.05, 0.1) is 18.4 Å². The number of carbonyl (C=O) groups is 1. The Kier molecular flexibility index (Phi) is 8.33.